The summed E-state index contributed by atoms with van der Waals surface area (Å²) in [6.07, 6.45) is -4.50. The van der Waals surface area contributed by atoms with Crippen molar-refractivity contribution in [3.05, 3.63) is 35.4 Å². The number of nitrogens with zero attached hydrogens (tertiary/aromatic N) is 1. The van der Waals surface area contributed by atoms with E-state index in [-0.39, 0.29) is 5.56 Å². The monoisotopic (exact) mass is 246 g/mol. The number of halogens is 3. The second kappa shape index (κ2) is 4.75. The Bertz CT molecular complexity index is 415. The van der Waals surface area contributed by atoms with Crippen LogP contribution in [-0.2, 0) is 11.0 Å². The second-order valence-corrected chi connectivity index (χ2v) is 3.85. The minimum Gasteiger partial charge on any atom is -0.368 e. The third-order valence-corrected chi connectivity index (χ3v) is 2.35. The number of nitrogens with two attached hydrogens (primary N) is 1. The first-order valence-electron chi connectivity index (χ1n) is 4.87. The molecule has 0 aliphatic carbocycles. The second-order valence-electron chi connectivity index (χ2n) is 3.85. The molecule has 0 bridgehead atoms. The quantitative estimate of drug-likeness (QED) is 0.883. The van der Waals surface area contributed by atoms with E-state index in [2.05, 4.69) is 0 Å². The molecule has 94 valence electrons. The number of carbonyl (C=O) groups excluding carboxylic acids is 1. The van der Waals surface area contributed by atoms with Crippen LogP contribution >= 0.6 is 0 Å². The van der Waals surface area contributed by atoms with E-state index in [4.69, 9.17) is 5.73 Å². The first-order chi connectivity index (χ1) is 7.75. The Labute approximate surface area is 97.0 Å². The molecule has 0 radical (unpaired) electrons. The molecule has 1 amide bonds. The van der Waals surface area contributed by atoms with Gasteiger partial charge >= 0.3 is 6.18 Å². The van der Waals surface area contributed by atoms with E-state index in [0.29, 0.717) is 0 Å². The first-order valence-corrected chi connectivity index (χ1v) is 4.87. The summed E-state index contributed by atoms with van der Waals surface area (Å²) in [4.78, 5) is 12.6. The van der Waals surface area contributed by atoms with Crippen LogP contribution in [0, 0.1) is 0 Å². The molecule has 0 saturated heterocycles. The molecule has 0 aromatic heterocycles. The molecule has 0 spiro atoms. The van der Waals surface area contributed by atoms with Crippen LogP contribution in [0.2, 0.25) is 0 Å². The van der Waals surface area contributed by atoms with Crippen LogP contribution in [0.15, 0.2) is 24.3 Å². The van der Waals surface area contributed by atoms with Gasteiger partial charge in [-0.25, -0.2) is 0 Å². The first kappa shape index (κ1) is 13.5. The molecule has 1 aromatic carbocycles. The third-order valence-electron chi connectivity index (χ3n) is 2.35. The molecule has 6 heteroatoms. The highest BCUT2D eigenvalue weighted by molar-refractivity contribution is 5.81. The fourth-order valence-electron chi connectivity index (χ4n) is 1.68. The number of primary amides is 1. The lowest BCUT2D eigenvalue weighted by Crippen LogP contribution is -2.34. The summed E-state index contributed by atoms with van der Waals surface area (Å²) in [7, 11) is 3.01. The van der Waals surface area contributed by atoms with Gasteiger partial charge in [-0.1, -0.05) is 18.2 Å². The van der Waals surface area contributed by atoms with Crippen LogP contribution in [0.25, 0.3) is 0 Å². The molecule has 0 aliphatic heterocycles. The zero-order chi connectivity index (χ0) is 13.2. The van der Waals surface area contributed by atoms with Crippen molar-refractivity contribution in [3.8, 4) is 0 Å². The Morgan fingerprint density at radius 1 is 1.29 bits per heavy atom. The van der Waals surface area contributed by atoms with Gasteiger partial charge in [0.05, 0.1) is 5.56 Å². The number of rotatable bonds is 3. The van der Waals surface area contributed by atoms with Crippen molar-refractivity contribution >= 4 is 5.91 Å². The van der Waals surface area contributed by atoms with Gasteiger partial charge in [-0.3, -0.25) is 9.69 Å². The van der Waals surface area contributed by atoms with E-state index >= 15 is 0 Å². The Hall–Kier alpha value is -1.56. The van der Waals surface area contributed by atoms with Crippen molar-refractivity contribution in [2.45, 2.75) is 12.2 Å². The molecule has 0 heterocycles. The molecule has 17 heavy (non-hydrogen) atoms. The average Bonchev–Trinajstić information content (AvgIpc) is 2.15. The molecule has 1 atom stereocenters. The van der Waals surface area contributed by atoms with Gasteiger partial charge in [0, 0.05) is 0 Å². The summed E-state index contributed by atoms with van der Waals surface area (Å²) < 4.78 is 38.3. The summed E-state index contributed by atoms with van der Waals surface area (Å²) >= 11 is 0. The smallest absolute Gasteiger partial charge is 0.368 e. The van der Waals surface area contributed by atoms with Crippen molar-refractivity contribution in [1.82, 2.24) is 4.90 Å². The van der Waals surface area contributed by atoms with Gasteiger partial charge in [0.15, 0.2) is 0 Å². The largest absolute Gasteiger partial charge is 0.416 e. The average molecular weight is 246 g/mol. The SMILES string of the molecule is CN(C)C(C(N)=O)c1ccccc1C(F)(F)F. The van der Waals surface area contributed by atoms with Gasteiger partial charge in [-0.05, 0) is 25.7 Å². The normalized spacial score (nSPS) is 13.8. The van der Waals surface area contributed by atoms with E-state index < -0.39 is 23.7 Å². The molecular formula is C11H13F3N2O. The number of likely N-dealkylation sites (N-methyl/N-ethyl adjacent to an activating group) is 1. The highest BCUT2D eigenvalue weighted by atomic mass is 19.4. The number of amides is 1. The number of hydrogen-bond donors (Lipinski definition) is 1. The molecular weight excluding hydrogens is 233 g/mol. The van der Waals surface area contributed by atoms with Gasteiger partial charge in [0.25, 0.3) is 0 Å². The minimum absolute atomic E-state index is 0.127. The Morgan fingerprint density at radius 2 is 1.82 bits per heavy atom. The number of hydrogen-bond acceptors (Lipinski definition) is 2. The van der Waals surface area contributed by atoms with Crippen LogP contribution in [0.5, 0.6) is 0 Å². The van der Waals surface area contributed by atoms with E-state index in [0.717, 1.165) is 6.07 Å². The Kier molecular flexibility index (Phi) is 3.77. The molecule has 2 N–H and O–H groups in total. The lowest BCUT2D eigenvalue weighted by Gasteiger charge is -2.24. The predicted molar refractivity (Wildman–Crippen MR) is 57.1 cm³/mol. The van der Waals surface area contributed by atoms with Crippen molar-refractivity contribution in [2.75, 3.05) is 14.1 Å². The summed E-state index contributed by atoms with van der Waals surface area (Å²) in [5, 5.41) is 0. The predicted octanol–water partition coefficient (Wildman–Crippen LogP) is 1.79. The molecule has 0 aliphatic rings. The molecule has 1 rings (SSSR count). The van der Waals surface area contributed by atoms with Crippen LogP contribution in [0.4, 0.5) is 13.2 Å². The van der Waals surface area contributed by atoms with Gasteiger partial charge in [0.1, 0.15) is 6.04 Å². The zero-order valence-electron chi connectivity index (χ0n) is 9.45. The standard InChI is InChI=1S/C11H13F3N2O/c1-16(2)9(10(15)17)7-5-3-4-6-8(7)11(12,13)14/h3-6,9H,1-2H3,(H2,15,17). The van der Waals surface area contributed by atoms with Crippen LogP contribution in [-0.4, -0.2) is 24.9 Å². The van der Waals surface area contributed by atoms with Crippen LogP contribution < -0.4 is 5.73 Å². The summed E-state index contributed by atoms with van der Waals surface area (Å²) in [5.41, 5.74) is 4.17. The fourth-order valence-corrected chi connectivity index (χ4v) is 1.68. The maximum absolute atomic E-state index is 12.8. The maximum atomic E-state index is 12.8. The van der Waals surface area contributed by atoms with Crippen molar-refractivity contribution in [3.63, 3.8) is 0 Å². The van der Waals surface area contributed by atoms with Gasteiger partial charge in [-0.15, -0.1) is 0 Å². The topological polar surface area (TPSA) is 46.3 Å². The van der Waals surface area contributed by atoms with Crippen LogP contribution in [0.1, 0.15) is 17.2 Å². The highest BCUT2D eigenvalue weighted by Gasteiger charge is 2.36. The molecule has 1 aromatic rings. The van der Waals surface area contributed by atoms with Crippen molar-refractivity contribution in [1.29, 1.82) is 0 Å². The lowest BCUT2D eigenvalue weighted by atomic mass is 9.98. The lowest BCUT2D eigenvalue weighted by molar-refractivity contribution is -0.139. The minimum atomic E-state index is -4.50. The molecule has 1 unspecified atom stereocenters. The fraction of sp³-hybridized carbons (Fsp3) is 0.364. The van der Waals surface area contributed by atoms with E-state index in [1.54, 1.807) is 0 Å². The summed E-state index contributed by atoms with van der Waals surface area (Å²) in [6, 6.07) is 3.84. The van der Waals surface area contributed by atoms with E-state index in [1.165, 1.54) is 37.2 Å². The molecule has 0 saturated carbocycles. The molecule has 3 nitrogen and oxygen atoms in total. The number of benzene rings is 1. The Balaban J connectivity index is 3.34. The third kappa shape index (κ3) is 2.97. The van der Waals surface area contributed by atoms with E-state index in [1.807, 2.05) is 0 Å². The Morgan fingerprint density at radius 3 is 2.24 bits per heavy atom. The van der Waals surface area contributed by atoms with Crippen molar-refractivity contribution in [2.24, 2.45) is 5.73 Å². The van der Waals surface area contributed by atoms with Gasteiger partial charge < -0.3 is 5.73 Å². The van der Waals surface area contributed by atoms with Gasteiger partial charge in [-0.2, -0.15) is 13.2 Å². The molecule has 0 fully saturated rings. The maximum Gasteiger partial charge on any atom is 0.416 e. The van der Waals surface area contributed by atoms with Crippen molar-refractivity contribution < 1.29 is 18.0 Å². The summed E-state index contributed by atoms with van der Waals surface area (Å²) in [5.74, 6) is -0.813. The number of alkyl halides is 3. The highest BCUT2D eigenvalue weighted by Crippen LogP contribution is 2.35. The zero-order valence-corrected chi connectivity index (χ0v) is 9.45. The summed E-state index contributed by atoms with van der Waals surface area (Å²) in [6.45, 7) is 0. The van der Waals surface area contributed by atoms with E-state index in [9.17, 15) is 18.0 Å². The van der Waals surface area contributed by atoms with Gasteiger partial charge in [0.2, 0.25) is 5.91 Å². The number of carbonyl (C=O) groups is 1. The van der Waals surface area contributed by atoms with Crippen LogP contribution in [0.3, 0.4) is 0 Å².